The molecule has 2 saturated heterocycles. The smallest absolute Gasteiger partial charge is 0.270 e. The van der Waals surface area contributed by atoms with E-state index in [1.54, 1.807) is 6.92 Å². The van der Waals surface area contributed by atoms with Crippen LogP contribution in [0.5, 0.6) is 0 Å². The van der Waals surface area contributed by atoms with Gasteiger partial charge in [0.2, 0.25) is 10.0 Å². The molecule has 0 spiro atoms. The number of rotatable bonds is 4. The zero-order valence-electron chi connectivity index (χ0n) is 13.8. The number of non-ortho nitro benzene ring substituents is 1. The van der Waals surface area contributed by atoms with Gasteiger partial charge >= 0.3 is 0 Å². The lowest BCUT2D eigenvalue weighted by Crippen LogP contribution is -2.43. The summed E-state index contributed by atoms with van der Waals surface area (Å²) in [5.74, 6) is 0.519. The number of nitro groups is 1. The third kappa shape index (κ3) is 3.31. The van der Waals surface area contributed by atoms with Crippen LogP contribution in [0, 0.1) is 23.0 Å². The first-order valence-corrected chi connectivity index (χ1v) is 9.82. The van der Waals surface area contributed by atoms with Crippen molar-refractivity contribution in [3.05, 3.63) is 33.9 Å². The fraction of sp³-hybridized carbons (Fsp3) is 0.625. The van der Waals surface area contributed by atoms with E-state index in [2.05, 4.69) is 5.32 Å². The van der Waals surface area contributed by atoms with Crippen molar-refractivity contribution in [3.8, 4) is 0 Å². The molecular weight excluding hydrogens is 330 g/mol. The Labute approximate surface area is 142 Å². The lowest BCUT2D eigenvalue weighted by atomic mass is 9.89. The molecule has 1 atom stereocenters. The van der Waals surface area contributed by atoms with Crippen molar-refractivity contribution in [2.75, 3.05) is 19.6 Å². The van der Waals surface area contributed by atoms with E-state index in [1.807, 2.05) is 0 Å². The SMILES string of the molecule is Cc1ccc([N+](=O)[O-])cc1S(=O)(=O)N1CCC(C2CCCN2)CC1. The van der Waals surface area contributed by atoms with E-state index in [0.717, 1.165) is 19.4 Å². The van der Waals surface area contributed by atoms with Gasteiger partial charge in [0, 0.05) is 31.3 Å². The average Bonchev–Trinajstić information content (AvgIpc) is 3.09. The molecule has 24 heavy (non-hydrogen) atoms. The van der Waals surface area contributed by atoms with E-state index in [0.29, 0.717) is 30.6 Å². The van der Waals surface area contributed by atoms with E-state index in [9.17, 15) is 18.5 Å². The second-order valence-electron chi connectivity index (χ2n) is 6.65. The van der Waals surface area contributed by atoms with Crippen LogP contribution in [0.3, 0.4) is 0 Å². The number of hydrogen-bond acceptors (Lipinski definition) is 5. The molecule has 1 aromatic rings. The number of nitrogens with one attached hydrogen (secondary N) is 1. The van der Waals surface area contributed by atoms with Gasteiger partial charge in [-0.25, -0.2) is 8.42 Å². The Morgan fingerprint density at radius 3 is 2.54 bits per heavy atom. The molecule has 1 N–H and O–H groups in total. The summed E-state index contributed by atoms with van der Waals surface area (Å²) in [4.78, 5) is 10.4. The number of piperidine rings is 1. The molecule has 0 bridgehead atoms. The molecule has 0 aromatic heterocycles. The molecule has 2 aliphatic heterocycles. The number of sulfonamides is 1. The van der Waals surface area contributed by atoms with Crippen molar-refractivity contribution >= 4 is 15.7 Å². The van der Waals surface area contributed by atoms with Gasteiger partial charge in [0.15, 0.2) is 0 Å². The quantitative estimate of drug-likeness (QED) is 0.661. The Kier molecular flexibility index (Phi) is 4.89. The first kappa shape index (κ1) is 17.3. The van der Waals surface area contributed by atoms with Gasteiger partial charge < -0.3 is 5.32 Å². The molecule has 2 fully saturated rings. The third-order valence-corrected chi connectivity index (χ3v) is 7.21. The molecule has 0 radical (unpaired) electrons. The van der Waals surface area contributed by atoms with Crippen LogP contribution in [0.1, 0.15) is 31.2 Å². The molecule has 2 heterocycles. The Bertz CT molecular complexity index is 721. The molecule has 8 heteroatoms. The minimum Gasteiger partial charge on any atom is -0.314 e. The van der Waals surface area contributed by atoms with Crippen molar-refractivity contribution in [1.29, 1.82) is 0 Å². The second-order valence-corrected chi connectivity index (χ2v) is 8.56. The van der Waals surface area contributed by atoms with Crippen molar-refractivity contribution in [1.82, 2.24) is 9.62 Å². The van der Waals surface area contributed by atoms with Crippen LogP contribution >= 0.6 is 0 Å². The zero-order valence-corrected chi connectivity index (χ0v) is 14.6. The Balaban J connectivity index is 1.77. The normalized spacial score (nSPS) is 23.5. The average molecular weight is 353 g/mol. The van der Waals surface area contributed by atoms with E-state index in [-0.39, 0.29) is 10.6 Å². The van der Waals surface area contributed by atoms with Gasteiger partial charge in [-0.1, -0.05) is 6.07 Å². The lowest BCUT2D eigenvalue weighted by Gasteiger charge is -2.34. The van der Waals surface area contributed by atoms with E-state index >= 15 is 0 Å². The fourth-order valence-electron chi connectivity index (χ4n) is 3.75. The number of benzene rings is 1. The topological polar surface area (TPSA) is 92.5 Å². The summed E-state index contributed by atoms with van der Waals surface area (Å²) in [6.45, 7) is 3.68. The number of aryl methyl sites for hydroxylation is 1. The van der Waals surface area contributed by atoms with Gasteiger partial charge in [-0.2, -0.15) is 4.31 Å². The standard InChI is InChI=1S/C16H23N3O4S/c1-12-4-5-14(19(20)21)11-16(12)24(22,23)18-9-6-13(7-10-18)15-3-2-8-17-15/h4-5,11,13,15,17H,2-3,6-10H2,1H3. The lowest BCUT2D eigenvalue weighted by molar-refractivity contribution is -0.385. The minimum atomic E-state index is -3.69. The summed E-state index contributed by atoms with van der Waals surface area (Å²) in [6, 6.07) is 4.52. The van der Waals surface area contributed by atoms with E-state index in [4.69, 9.17) is 0 Å². The van der Waals surface area contributed by atoms with Gasteiger partial charge in [0.05, 0.1) is 9.82 Å². The number of nitrogens with zero attached hydrogens (tertiary/aromatic N) is 2. The predicted molar refractivity (Wildman–Crippen MR) is 90.3 cm³/mol. The summed E-state index contributed by atoms with van der Waals surface area (Å²) in [5, 5.41) is 14.4. The molecule has 2 aliphatic rings. The third-order valence-electron chi connectivity index (χ3n) is 5.17. The molecule has 1 aromatic carbocycles. The highest BCUT2D eigenvalue weighted by Gasteiger charge is 2.34. The second kappa shape index (κ2) is 6.78. The predicted octanol–water partition coefficient (Wildman–Crippen LogP) is 2.06. The van der Waals surface area contributed by atoms with Gasteiger partial charge in [-0.15, -0.1) is 0 Å². The molecule has 0 saturated carbocycles. The highest BCUT2D eigenvalue weighted by atomic mass is 32.2. The highest BCUT2D eigenvalue weighted by molar-refractivity contribution is 7.89. The molecular formula is C16H23N3O4S. The van der Waals surface area contributed by atoms with Crippen molar-refractivity contribution in [2.24, 2.45) is 5.92 Å². The van der Waals surface area contributed by atoms with E-state index < -0.39 is 14.9 Å². The molecule has 132 valence electrons. The maximum atomic E-state index is 12.9. The fourth-order valence-corrected chi connectivity index (χ4v) is 5.47. The highest BCUT2D eigenvalue weighted by Crippen LogP contribution is 2.30. The zero-order chi connectivity index (χ0) is 17.3. The number of hydrogen-bond donors (Lipinski definition) is 1. The summed E-state index contributed by atoms with van der Waals surface area (Å²) in [7, 11) is -3.69. The Hall–Kier alpha value is -1.51. The van der Waals surface area contributed by atoms with Gasteiger partial charge in [-0.05, 0) is 50.6 Å². The minimum absolute atomic E-state index is 0.0501. The van der Waals surface area contributed by atoms with Crippen LogP contribution in [-0.2, 0) is 10.0 Å². The van der Waals surface area contributed by atoms with Crippen LogP contribution in [-0.4, -0.2) is 43.3 Å². The first-order chi connectivity index (χ1) is 11.4. The summed E-state index contributed by atoms with van der Waals surface area (Å²) in [5.41, 5.74) is 0.351. The summed E-state index contributed by atoms with van der Waals surface area (Å²) < 4.78 is 27.3. The maximum Gasteiger partial charge on any atom is 0.270 e. The molecule has 7 nitrogen and oxygen atoms in total. The van der Waals surface area contributed by atoms with Gasteiger partial charge in [-0.3, -0.25) is 10.1 Å². The summed E-state index contributed by atoms with van der Waals surface area (Å²) in [6.07, 6.45) is 4.03. The molecule has 1 unspecified atom stereocenters. The van der Waals surface area contributed by atoms with Gasteiger partial charge in [0.1, 0.15) is 0 Å². The Morgan fingerprint density at radius 2 is 1.96 bits per heavy atom. The van der Waals surface area contributed by atoms with Crippen LogP contribution in [0.2, 0.25) is 0 Å². The Morgan fingerprint density at radius 1 is 1.25 bits per heavy atom. The van der Waals surface area contributed by atoms with E-state index in [1.165, 1.54) is 35.3 Å². The van der Waals surface area contributed by atoms with Crippen LogP contribution < -0.4 is 5.32 Å². The van der Waals surface area contributed by atoms with Crippen molar-refractivity contribution < 1.29 is 13.3 Å². The van der Waals surface area contributed by atoms with Crippen LogP contribution in [0.4, 0.5) is 5.69 Å². The van der Waals surface area contributed by atoms with Crippen LogP contribution in [0.25, 0.3) is 0 Å². The maximum absolute atomic E-state index is 12.9. The summed E-state index contributed by atoms with van der Waals surface area (Å²) >= 11 is 0. The van der Waals surface area contributed by atoms with Crippen molar-refractivity contribution in [2.45, 2.75) is 43.5 Å². The molecule has 0 aliphatic carbocycles. The van der Waals surface area contributed by atoms with Crippen molar-refractivity contribution in [3.63, 3.8) is 0 Å². The number of nitro benzene ring substituents is 1. The molecule has 0 amide bonds. The van der Waals surface area contributed by atoms with Gasteiger partial charge in [0.25, 0.3) is 5.69 Å². The largest absolute Gasteiger partial charge is 0.314 e. The first-order valence-electron chi connectivity index (χ1n) is 8.38. The monoisotopic (exact) mass is 353 g/mol. The molecule has 3 rings (SSSR count). The van der Waals surface area contributed by atoms with Crippen LogP contribution in [0.15, 0.2) is 23.1 Å².